The lowest BCUT2D eigenvalue weighted by Gasteiger charge is -2.05. The van der Waals surface area contributed by atoms with Crippen molar-refractivity contribution < 1.29 is 31.9 Å². The minimum absolute atomic E-state index is 0.0315. The van der Waals surface area contributed by atoms with Crippen LogP contribution in [0.1, 0.15) is 61.7 Å². The summed E-state index contributed by atoms with van der Waals surface area (Å²) in [5, 5.41) is 3.39. The molecule has 0 fully saturated rings. The Hall–Kier alpha value is -3.88. The molecule has 0 saturated carbocycles. The summed E-state index contributed by atoms with van der Waals surface area (Å²) in [7, 11) is 1.52. The number of benzene rings is 1. The van der Waals surface area contributed by atoms with Gasteiger partial charge in [0.15, 0.2) is 0 Å². The molecular formula is C30H34F3NO5. The summed E-state index contributed by atoms with van der Waals surface area (Å²) in [6.45, 7) is 0.435. The SMILES string of the molecule is COc1ccc2cc(C(=O)NCCC/C=C\C/C=C\C/C=C\C/C=C\CCCC(=O)C(F)(F)F)c(=O)oc2c1. The number of hydrogen-bond acceptors (Lipinski definition) is 5. The Morgan fingerprint density at radius 3 is 2.08 bits per heavy atom. The Bertz CT molecular complexity index is 1260. The Balaban J connectivity index is 1.54. The van der Waals surface area contributed by atoms with Crippen molar-refractivity contribution in [2.45, 2.75) is 57.5 Å². The predicted octanol–water partition coefficient (Wildman–Crippen LogP) is 7.01. The molecule has 1 heterocycles. The van der Waals surface area contributed by atoms with Gasteiger partial charge in [-0.2, -0.15) is 13.2 Å². The van der Waals surface area contributed by atoms with Gasteiger partial charge in [-0.15, -0.1) is 0 Å². The first kappa shape index (κ1) is 31.3. The van der Waals surface area contributed by atoms with Gasteiger partial charge in [0.2, 0.25) is 5.78 Å². The number of fused-ring (bicyclic) bond motifs is 1. The maximum Gasteiger partial charge on any atom is 0.449 e. The van der Waals surface area contributed by atoms with Crippen LogP contribution < -0.4 is 15.7 Å². The lowest BCUT2D eigenvalue weighted by molar-refractivity contribution is -0.171. The number of carbonyl (C=O) groups excluding carboxylic acids is 2. The van der Waals surface area contributed by atoms with Crippen LogP contribution in [-0.2, 0) is 4.79 Å². The zero-order valence-electron chi connectivity index (χ0n) is 22.0. The highest BCUT2D eigenvalue weighted by Gasteiger charge is 2.36. The quantitative estimate of drug-likeness (QED) is 0.139. The van der Waals surface area contributed by atoms with Gasteiger partial charge in [-0.1, -0.05) is 48.6 Å². The van der Waals surface area contributed by atoms with Crippen LogP contribution in [0.25, 0.3) is 11.0 Å². The van der Waals surface area contributed by atoms with E-state index in [4.69, 9.17) is 9.15 Å². The molecule has 0 atom stereocenters. The van der Waals surface area contributed by atoms with Crippen LogP contribution in [0.4, 0.5) is 13.2 Å². The second kappa shape index (κ2) is 16.9. The van der Waals surface area contributed by atoms with Gasteiger partial charge < -0.3 is 14.5 Å². The summed E-state index contributed by atoms with van der Waals surface area (Å²) in [6.07, 6.45) is 15.1. The fourth-order valence-electron chi connectivity index (χ4n) is 3.46. The molecule has 0 aliphatic carbocycles. The maximum absolute atomic E-state index is 12.4. The molecule has 1 aromatic heterocycles. The second-order valence-corrected chi connectivity index (χ2v) is 8.66. The summed E-state index contributed by atoms with van der Waals surface area (Å²) in [6, 6.07) is 6.58. The topological polar surface area (TPSA) is 85.6 Å². The van der Waals surface area contributed by atoms with Crippen molar-refractivity contribution in [2.75, 3.05) is 13.7 Å². The van der Waals surface area contributed by atoms with Crippen molar-refractivity contribution in [1.29, 1.82) is 0 Å². The number of unbranched alkanes of at least 4 members (excludes halogenated alkanes) is 2. The molecule has 9 heteroatoms. The van der Waals surface area contributed by atoms with Crippen molar-refractivity contribution in [3.8, 4) is 5.75 Å². The molecule has 2 rings (SSSR count). The Morgan fingerprint density at radius 2 is 1.49 bits per heavy atom. The summed E-state index contributed by atoms with van der Waals surface area (Å²) < 4.78 is 46.6. The molecule has 1 amide bonds. The Labute approximate surface area is 225 Å². The maximum atomic E-state index is 12.4. The first-order valence-electron chi connectivity index (χ1n) is 12.8. The third-order valence-corrected chi connectivity index (χ3v) is 5.59. The number of carbonyl (C=O) groups is 2. The molecule has 39 heavy (non-hydrogen) atoms. The van der Waals surface area contributed by atoms with Crippen LogP contribution in [-0.4, -0.2) is 31.5 Å². The van der Waals surface area contributed by atoms with Gasteiger partial charge in [-0.05, 0) is 63.1 Å². The molecule has 0 spiro atoms. The van der Waals surface area contributed by atoms with E-state index >= 15 is 0 Å². The highest BCUT2D eigenvalue weighted by molar-refractivity contribution is 5.96. The highest BCUT2D eigenvalue weighted by atomic mass is 19.4. The summed E-state index contributed by atoms with van der Waals surface area (Å²) >= 11 is 0. The van der Waals surface area contributed by atoms with Gasteiger partial charge in [-0.3, -0.25) is 9.59 Å². The van der Waals surface area contributed by atoms with Crippen molar-refractivity contribution in [3.63, 3.8) is 0 Å². The lowest BCUT2D eigenvalue weighted by atomic mass is 10.1. The molecule has 0 aliphatic heterocycles. The molecule has 2 aromatic rings. The number of nitrogens with one attached hydrogen (secondary N) is 1. The van der Waals surface area contributed by atoms with E-state index in [2.05, 4.69) is 5.32 Å². The van der Waals surface area contributed by atoms with E-state index in [1.165, 1.54) is 13.2 Å². The number of Topliss-reactive ketones (excluding diaryl/α,β-unsaturated/α-hetero) is 1. The summed E-state index contributed by atoms with van der Waals surface area (Å²) in [5.74, 6) is -1.57. The van der Waals surface area contributed by atoms with Gasteiger partial charge in [0.25, 0.3) is 5.91 Å². The van der Waals surface area contributed by atoms with E-state index in [9.17, 15) is 27.6 Å². The monoisotopic (exact) mass is 545 g/mol. The van der Waals surface area contributed by atoms with Gasteiger partial charge in [0.05, 0.1) is 7.11 Å². The van der Waals surface area contributed by atoms with Crippen molar-refractivity contribution in [2.24, 2.45) is 0 Å². The van der Waals surface area contributed by atoms with E-state index in [1.54, 1.807) is 24.3 Å². The minimum Gasteiger partial charge on any atom is -0.497 e. The van der Waals surface area contributed by atoms with Crippen LogP contribution >= 0.6 is 0 Å². The van der Waals surface area contributed by atoms with Crippen LogP contribution in [0.3, 0.4) is 0 Å². The smallest absolute Gasteiger partial charge is 0.449 e. The summed E-state index contributed by atoms with van der Waals surface area (Å²) in [5.41, 5.74) is -0.364. The molecule has 6 nitrogen and oxygen atoms in total. The van der Waals surface area contributed by atoms with Crippen molar-refractivity contribution in [3.05, 3.63) is 88.9 Å². The largest absolute Gasteiger partial charge is 0.497 e. The highest BCUT2D eigenvalue weighted by Crippen LogP contribution is 2.20. The first-order chi connectivity index (χ1) is 18.7. The number of ether oxygens (including phenoxy) is 1. The number of rotatable bonds is 16. The van der Waals surface area contributed by atoms with E-state index < -0.39 is 29.9 Å². The van der Waals surface area contributed by atoms with Gasteiger partial charge in [-0.25, -0.2) is 4.79 Å². The number of alkyl halides is 3. The molecule has 0 radical (unpaired) electrons. The Kier molecular flexibility index (Phi) is 13.5. The molecule has 0 saturated heterocycles. The van der Waals surface area contributed by atoms with E-state index in [1.807, 2.05) is 42.5 Å². The number of allylic oxidation sites excluding steroid dienone is 8. The molecule has 0 bridgehead atoms. The number of methoxy groups -OCH3 is 1. The number of amides is 1. The fraction of sp³-hybridized carbons (Fsp3) is 0.367. The van der Waals surface area contributed by atoms with Gasteiger partial charge in [0.1, 0.15) is 16.9 Å². The first-order valence-corrected chi connectivity index (χ1v) is 12.8. The molecule has 210 valence electrons. The number of ketones is 1. The van der Waals surface area contributed by atoms with E-state index in [0.717, 1.165) is 25.7 Å². The molecule has 0 aliphatic rings. The summed E-state index contributed by atoms with van der Waals surface area (Å²) in [4.78, 5) is 35.3. The van der Waals surface area contributed by atoms with Crippen molar-refractivity contribution in [1.82, 2.24) is 5.32 Å². The van der Waals surface area contributed by atoms with Gasteiger partial charge >= 0.3 is 11.8 Å². The van der Waals surface area contributed by atoms with E-state index in [0.29, 0.717) is 36.1 Å². The molecular weight excluding hydrogens is 511 g/mol. The third kappa shape index (κ3) is 12.0. The average molecular weight is 546 g/mol. The van der Waals surface area contributed by atoms with Crippen LogP contribution in [0.5, 0.6) is 5.75 Å². The van der Waals surface area contributed by atoms with E-state index in [-0.39, 0.29) is 12.0 Å². The van der Waals surface area contributed by atoms with Gasteiger partial charge in [0, 0.05) is 24.4 Å². The van der Waals surface area contributed by atoms with Crippen LogP contribution in [0, 0.1) is 0 Å². The second-order valence-electron chi connectivity index (χ2n) is 8.66. The predicted molar refractivity (Wildman–Crippen MR) is 146 cm³/mol. The molecule has 0 unspecified atom stereocenters. The minimum atomic E-state index is -4.73. The number of halogens is 3. The molecule has 1 N–H and O–H groups in total. The number of hydrogen-bond donors (Lipinski definition) is 1. The zero-order chi connectivity index (χ0) is 28.5. The fourth-order valence-corrected chi connectivity index (χ4v) is 3.46. The van der Waals surface area contributed by atoms with Crippen molar-refractivity contribution >= 4 is 22.7 Å². The van der Waals surface area contributed by atoms with Crippen LogP contribution in [0.2, 0.25) is 0 Å². The standard InChI is InChI=1S/C30H34F3NO5/c1-38-24-19-18-23-21-25(29(37)39-26(23)22-24)28(36)34-20-16-14-12-10-8-6-4-2-3-5-7-9-11-13-15-17-27(35)30(31,32)33/h3-6,9-12,18-19,21-22H,2,7-8,13-17,20H2,1H3,(H,34,36)/b5-3-,6-4-,11-9-,12-10-. The zero-order valence-corrected chi connectivity index (χ0v) is 22.0. The lowest BCUT2D eigenvalue weighted by Crippen LogP contribution is -2.29. The molecule has 1 aromatic carbocycles. The average Bonchev–Trinajstić information content (AvgIpc) is 2.90. The third-order valence-electron chi connectivity index (χ3n) is 5.59. The van der Waals surface area contributed by atoms with Crippen LogP contribution in [0.15, 0.2) is 82.1 Å². The normalized spacial score (nSPS) is 12.4. The Morgan fingerprint density at radius 1 is 0.897 bits per heavy atom.